The van der Waals surface area contributed by atoms with Crippen molar-refractivity contribution in [3.63, 3.8) is 0 Å². The van der Waals surface area contributed by atoms with Crippen molar-refractivity contribution in [2.75, 3.05) is 6.54 Å². The number of benzene rings is 1. The average molecular weight is 544 g/mol. The van der Waals surface area contributed by atoms with Crippen molar-refractivity contribution in [1.82, 2.24) is 4.90 Å². The highest BCUT2D eigenvalue weighted by molar-refractivity contribution is 6.23. The lowest BCUT2D eigenvalue weighted by Gasteiger charge is -2.42. The van der Waals surface area contributed by atoms with Gasteiger partial charge in [-0.15, -0.1) is 6.58 Å². The molecule has 1 saturated heterocycles. The van der Waals surface area contributed by atoms with Crippen LogP contribution in [0, 0.1) is 17.8 Å². The molecule has 1 heterocycles. The summed E-state index contributed by atoms with van der Waals surface area (Å²) in [5.74, 6) is -4.24. The summed E-state index contributed by atoms with van der Waals surface area (Å²) in [5.41, 5.74) is 2.98. The summed E-state index contributed by atoms with van der Waals surface area (Å²) in [4.78, 5) is 66.0. The van der Waals surface area contributed by atoms with Crippen molar-refractivity contribution in [2.24, 2.45) is 17.8 Å². The number of nitrogens with zero attached hydrogens (tertiary/aromatic N) is 1. The van der Waals surface area contributed by atoms with E-state index in [1.54, 1.807) is 31.2 Å². The molecule has 8 nitrogen and oxygen atoms in total. The van der Waals surface area contributed by atoms with E-state index in [9.17, 15) is 29.1 Å². The van der Waals surface area contributed by atoms with Gasteiger partial charge in [0.15, 0.2) is 11.6 Å². The van der Waals surface area contributed by atoms with Gasteiger partial charge in [-0.2, -0.15) is 0 Å². The van der Waals surface area contributed by atoms with Crippen LogP contribution >= 0.6 is 0 Å². The number of phenolic OH excluding ortho intramolecular Hbond substituents is 1. The second-order valence-electron chi connectivity index (χ2n) is 11.1. The molecule has 2 N–H and O–H groups in total. The Bertz CT molecular complexity index is 1430. The fourth-order valence-electron chi connectivity index (χ4n) is 6.91. The normalized spacial score (nSPS) is 25.8. The minimum Gasteiger partial charge on any atom is -0.507 e. The first-order valence-corrected chi connectivity index (χ1v) is 13.8. The maximum atomic E-state index is 13.7. The van der Waals surface area contributed by atoms with Crippen LogP contribution in [0.5, 0.6) is 5.75 Å². The van der Waals surface area contributed by atoms with Crippen LogP contribution in [-0.2, 0) is 30.4 Å². The predicted octanol–water partition coefficient (Wildman–Crippen LogP) is 4.20. The van der Waals surface area contributed by atoms with Crippen molar-refractivity contribution < 1.29 is 34.2 Å². The molecule has 1 aliphatic heterocycles. The Morgan fingerprint density at radius 1 is 1.10 bits per heavy atom. The van der Waals surface area contributed by atoms with Gasteiger partial charge >= 0.3 is 5.97 Å². The highest BCUT2D eigenvalue weighted by Gasteiger charge is 2.56. The molecular weight excluding hydrogens is 510 g/mol. The molecule has 0 saturated carbocycles. The molecule has 0 unspecified atom stereocenters. The largest absolute Gasteiger partial charge is 0.507 e. The lowest BCUT2D eigenvalue weighted by atomic mass is 9.59. The number of rotatable bonds is 9. The zero-order chi connectivity index (χ0) is 28.7. The van der Waals surface area contributed by atoms with Crippen LogP contribution in [-0.4, -0.2) is 51.0 Å². The van der Waals surface area contributed by atoms with E-state index in [2.05, 4.69) is 6.58 Å². The van der Waals surface area contributed by atoms with Crippen molar-refractivity contribution in [1.29, 1.82) is 0 Å². The molecule has 0 bridgehead atoms. The molecule has 8 heteroatoms. The molecule has 40 heavy (non-hydrogen) atoms. The van der Waals surface area contributed by atoms with E-state index in [0.717, 1.165) is 5.57 Å². The van der Waals surface area contributed by atoms with E-state index in [4.69, 9.17) is 5.11 Å². The number of para-hydroxylation sites is 1. The molecule has 2 amide bonds. The van der Waals surface area contributed by atoms with Gasteiger partial charge in [-0.25, -0.2) is 0 Å². The summed E-state index contributed by atoms with van der Waals surface area (Å²) in [6, 6.07) is 5.34. The molecule has 5 rings (SSSR count). The SMILES string of the molecule is C=CCc1cccc([C@H]2C3=CC[C@@H]4C(=O)N(CCCCCC(=O)O)C(=O)[C@@H]4[C@@H]3CC3=C2C(=O)C=C(C)C3=O)c1O. The van der Waals surface area contributed by atoms with Crippen LogP contribution in [0.3, 0.4) is 0 Å². The number of carbonyl (C=O) groups is 5. The van der Waals surface area contributed by atoms with Crippen LogP contribution in [0.1, 0.15) is 62.5 Å². The summed E-state index contributed by atoms with van der Waals surface area (Å²) in [5, 5.41) is 20.1. The van der Waals surface area contributed by atoms with Gasteiger partial charge in [0.05, 0.1) is 11.8 Å². The maximum Gasteiger partial charge on any atom is 0.303 e. The second kappa shape index (κ2) is 10.8. The number of likely N-dealkylation sites (tertiary alicyclic amines) is 1. The number of allylic oxidation sites excluding steroid dienone is 7. The molecule has 3 aliphatic carbocycles. The zero-order valence-corrected chi connectivity index (χ0v) is 22.5. The van der Waals surface area contributed by atoms with Crippen LogP contribution < -0.4 is 0 Å². The van der Waals surface area contributed by atoms with Crippen LogP contribution in [0.4, 0.5) is 0 Å². The minimum absolute atomic E-state index is 0.0336. The minimum atomic E-state index is -0.875. The quantitative estimate of drug-likeness (QED) is 0.207. The van der Waals surface area contributed by atoms with Crippen molar-refractivity contribution in [2.45, 2.75) is 57.8 Å². The number of Topliss-reactive ketones (excluding diaryl/α,β-unsaturated/α-hetero) is 1. The van der Waals surface area contributed by atoms with E-state index in [0.29, 0.717) is 60.0 Å². The third-order valence-corrected chi connectivity index (χ3v) is 8.75. The van der Waals surface area contributed by atoms with E-state index >= 15 is 0 Å². The van der Waals surface area contributed by atoms with E-state index in [1.165, 1.54) is 11.0 Å². The first kappa shape index (κ1) is 27.5. The number of hydrogen-bond donors (Lipinski definition) is 2. The molecule has 1 aromatic rings. The van der Waals surface area contributed by atoms with Gasteiger partial charge < -0.3 is 10.2 Å². The summed E-state index contributed by atoms with van der Waals surface area (Å²) in [7, 11) is 0. The Kier molecular flexibility index (Phi) is 7.45. The molecule has 1 aromatic carbocycles. The van der Waals surface area contributed by atoms with Gasteiger partial charge in [0.2, 0.25) is 11.8 Å². The molecule has 0 spiro atoms. The fourth-order valence-corrected chi connectivity index (χ4v) is 6.91. The zero-order valence-electron chi connectivity index (χ0n) is 22.5. The van der Waals surface area contributed by atoms with Gasteiger partial charge in [-0.3, -0.25) is 28.9 Å². The first-order chi connectivity index (χ1) is 19.1. The van der Waals surface area contributed by atoms with Gasteiger partial charge in [-0.05, 0) is 56.6 Å². The lowest BCUT2D eigenvalue weighted by molar-refractivity contribution is -0.141. The number of phenols is 1. The van der Waals surface area contributed by atoms with Crippen LogP contribution in [0.2, 0.25) is 0 Å². The molecule has 1 fully saturated rings. The summed E-state index contributed by atoms with van der Waals surface area (Å²) >= 11 is 0. The predicted molar refractivity (Wildman–Crippen MR) is 146 cm³/mol. The number of amides is 2. The summed E-state index contributed by atoms with van der Waals surface area (Å²) < 4.78 is 0. The third kappa shape index (κ3) is 4.55. The smallest absolute Gasteiger partial charge is 0.303 e. The number of ketones is 2. The number of carbonyl (C=O) groups excluding carboxylic acids is 4. The summed E-state index contributed by atoms with van der Waals surface area (Å²) in [6.07, 6.45) is 7.54. The van der Waals surface area contributed by atoms with Gasteiger partial charge in [0, 0.05) is 41.2 Å². The Balaban J connectivity index is 1.53. The number of aliphatic carboxylic acids is 1. The molecule has 0 aromatic heterocycles. The monoisotopic (exact) mass is 543 g/mol. The van der Waals surface area contributed by atoms with Crippen molar-refractivity contribution >= 4 is 29.4 Å². The average Bonchev–Trinajstić information content (AvgIpc) is 3.16. The molecule has 4 atom stereocenters. The van der Waals surface area contributed by atoms with Gasteiger partial charge in [-0.1, -0.05) is 42.3 Å². The van der Waals surface area contributed by atoms with Crippen LogP contribution in [0.25, 0.3) is 0 Å². The fraction of sp³-hybridized carbons (Fsp3) is 0.406. The Labute approximate surface area is 232 Å². The number of unbranched alkanes of at least 4 members (excludes halogenated alkanes) is 2. The molecule has 208 valence electrons. The number of imide groups is 1. The topological polar surface area (TPSA) is 129 Å². The van der Waals surface area contributed by atoms with Gasteiger partial charge in [0.1, 0.15) is 5.75 Å². The van der Waals surface area contributed by atoms with Gasteiger partial charge in [0.25, 0.3) is 0 Å². The Morgan fingerprint density at radius 2 is 1.88 bits per heavy atom. The van der Waals surface area contributed by atoms with E-state index in [1.807, 2.05) is 6.08 Å². The van der Waals surface area contributed by atoms with E-state index < -0.39 is 29.6 Å². The maximum absolute atomic E-state index is 13.7. The number of carboxylic acid groups (broad SMARTS) is 1. The third-order valence-electron chi connectivity index (χ3n) is 8.75. The second-order valence-corrected chi connectivity index (χ2v) is 11.1. The number of aromatic hydroxyl groups is 1. The highest BCUT2D eigenvalue weighted by atomic mass is 16.4. The van der Waals surface area contributed by atoms with Crippen LogP contribution in [0.15, 0.2) is 65.3 Å². The number of hydrogen-bond acceptors (Lipinski definition) is 6. The number of carboxylic acids is 1. The summed E-state index contributed by atoms with van der Waals surface area (Å²) in [6.45, 7) is 5.59. The molecule has 0 radical (unpaired) electrons. The Morgan fingerprint density at radius 3 is 2.60 bits per heavy atom. The highest BCUT2D eigenvalue weighted by Crippen LogP contribution is 2.56. The van der Waals surface area contributed by atoms with E-state index in [-0.39, 0.29) is 48.5 Å². The Hall–Kier alpha value is -4.07. The molecule has 4 aliphatic rings. The first-order valence-electron chi connectivity index (χ1n) is 13.8. The van der Waals surface area contributed by atoms with Crippen molar-refractivity contribution in [3.05, 3.63) is 76.4 Å². The lowest BCUT2D eigenvalue weighted by Crippen LogP contribution is -2.40. The standard InChI is InChI=1S/C32H33NO7/c1-3-8-18-9-7-10-20(30(18)38)26-19-12-13-21-27(22(19)16-23-28(26)24(34)15-17(2)29(23)37)32(40)33(31(21)39)14-6-4-5-11-25(35)36/h3,7,9-10,12,15,21-22,26-27,38H,1,4-6,8,11,13-14,16H2,2H3,(H,35,36)/t21-,22+,26+,27-/m0/s1. The van der Waals surface area contributed by atoms with Crippen molar-refractivity contribution in [3.8, 4) is 5.75 Å². The number of fused-ring (bicyclic) bond motifs is 3. The molecular formula is C32H33NO7.